The topological polar surface area (TPSA) is 81.6 Å². The molecule has 4 rings (SSSR count). The van der Waals surface area contributed by atoms with E-state index in [0.717, 1.165) is 22.7 Å². The molecule has 3 aromatic rings. The first-order valence-electron chi connectivity index (χ1n) is 8.07. The van der Waals surface area contributed by atoms with Crippen LogP contribution in [0.15, 0.2) is 45.3 Å². The minimum atomic E-state index is -0.352. The van der Waals surface area contributed by atoms with E-state index >= 15 is 0 Å². The van der Waals surface area contributed by atoms with Crippen molar-refractivity contribution in [3.63, 3.8) is 0 Å². The van der Waals surface area contributed by atoms with Crippen LogP contribution in [-0.4, -0.2) is 27.7 Å². The zero-order valence-electron chi connectivity index (χ0n) is 13.8. The van der Waals surface area contributed by atoms with Crippen molar-refractivity contribution in [1.82, 2.24) is 15.0 Å². The summed E-state index contributed by atoms with van der Waals surface area (Å²) >= 11 is 0. The van der Waals surface area contributed by atoms with Crippen molar-refractivity contribution >= 4 is 6.09 Å². The van der Waals surface area contributed by atoms with Gasteiger partial charge in [0.25, 0.3) is 5.89 Å². The lowest BCUT2D eigenvalue weighted by Crippen LogP contribution is -2.36. The molecule has 0 fully saturated rings. The molecule has 1 aromatic carbocycles. The lowest BCUT2D eigenvalue weighted by molar-refractivity contribution is 0.0904. The normalized spacial score (nSPS) is 13.6. The third-order valence-corrected chi connectivity index (χ3v) is 4.03. The van der Waals surface area contributed by atoms with E-state index in [4.69, 9.17) is 13.7 Å². The highest BCUT2D eigenvalue weighted by atomic mass is 16.6. The molecule has 0 radical (unpaired) electrons. The van der Waals surface area contributed by atoms with E-state index in [2.05, 4.69) is 10.1 Å². The predicted octanol–water partition coefficient (Wildman–Crippen LogP) is 3.33. The number of fused-ring (bicyclic) bond motifs is 1. The number of carbonyl (C=O) groups excluding carboxylic acids is 1. The molecule has 128 valence electrons. The largest absolute Gasteiger partial charge is 0.445 e. The number of hydrogen-bond donors (Lipinski definition) is 0. The van der Waals surface area contributed by atoms with Gasteiger partial charge in [0.2, 0.25) is 5.76 Å². The Morgan fingerprint density at radius 2 is 2.16 bits per heavy atom. The fraction of sp³-hybridized carbons (Fsp3) is 0.278. The third-order valence-electron chi connectivity index (χ3n) is 4.03. The minimum Gasteiger partial charge on any atom is -0.445 e. The van der Waals surface area contributed by atoms with Crippen molar-refractivity contribution in [2.24, 2.45) is 0 Å². The zero-order valence-corrected chi connectivity index (χ0v) is 13.8. The predicted molar refractivity (Wildman–Crippen MR) is 87.5 cm³/mol. The summed E-state index contributed by atoms with van der Waals surface area (Å²) in [4.78, 5) is 18.3. The molecule has 0 spiro atoms. The summed E-state index contributed by atoms with van der Waals surface area (Å²) in [5.41, 5.74) is 2.45. The second-order valence-corrected chi connectivity index (χ2v) is 5.93. The fourth-order valence-electron chi connectivity index (χ4n) is 2.73. The van der Waals surface area contributed by atoms with E-state index in [0.29, 0.717) is 31.2 Å². The van der Waals surface area contributed by atoms with Crippen LogP contribution in [0, 0.1) is 6.92 Å². The van der Waals surface area contributed by atoms with Crippen molar-refractivity contribution in [2.75, 3.05) is 6.54 Å². The highest BCUT2D eigenvalue weighted by Gasteiger charge is 2.27. The van der Waals surface area contributed by atoms with E-state index < -0.39 is 0 Å². The standard InChI is InChI=1S/C18H17N3O4/c1-12-9-16(25-20-12)17-19-14-10-21(8-7-15(14)24-17)18(22)23-11-13-5-3-2-4-6-13/h2-6,9H,7-8,10-11H2,1H3. The molecule has 1 aliphatic heterocycles. The van der Waals surface area contributed by atoms with Crippen molar-refractivity contribution in [1.29, 1.82) is 0 Å². The summed E-state index contributed by atoms with van der Waals surface area (Å²) in [7, 11) is 0. The molecule has 0 N–H and O–H groups in total. The molecule has 7 heteroatoms. The van der Waals surface area contributed by atoms with Crippen LogP contribution in [0.5, 0.6) is 0 Å². The molecule has 0 saturated carbocycles. The molecule has 3 heterocycles. The molecule has 7 nitrogen and oxygen atoms in total. The number of oxazole rings is 1. The molecular formula is C18H17N3O4. The van der Waals surface area contributed by atoms with Crippen LogP contribution in [0.3, 0.4) is 0 Å². The van der Waals surface area contributed by atoms with E-state index in [-0.39, 0.29) is 12.7 Å². The molecule has 1 aliphatic rings. The summed E-state index contributed by atoms with van der Waals surface area (Å²) in [5, 5.41) is 3.84. The van der Waals surface area contributed by atoms with Gasteiger partial charge in [-0.2, -0.15) is 0 Å². The van der Waals surface area contributed by atoms with Crippen LogP contribution in [-0.2, 0) is 24.3 Å². The van der Waals surface area contributed by atoms with E-state index in [1.165, 1.54) is 0 Å². The Kier molecular flexibility index (Phi) is 3.97. The number of benzene rings is 1. The number of nitrogens with zero attached hydrogens (tertiary/aromatic N) is 3. The molecule has 2 aromatic heterocycles. The highest BCUT2D eigenvalue weighted by molar-refractivity contribution is 5.68. The molecular weight excluding hydrogens is 322 g/mol. The van der Waals surface area contributed by atoms with Crippen LogP contribution >= 0.6 is 0 Å². The molecule has 0 unspecified atom stereocenters. The van der Waals surface area contributed by atoms with Gasteiger partial charge < -0.3 is 18.6 Å². The zero-order chi connectivity index (χ0) is 17.2. The molecule has 25 heavy (non-hydrogen) atoms. The van der Waals surface area contributed by atoms with Gasteiger partial charge in [-0.25, -0.2) is 9.78 Å². The Bertz CT molecular complexity index is 885. The van der Waals surface area contributed by atoms with Crippen LogP contribution in [0.25, 0.3) is 11.7 Å². The van der Waals surface area contributed by atoms with Gasteiger partial charge in [0, 0.05) is 19.0 Å². The number of carbonyl (C=O) groups is 1. The van der Waals surface area contributed by atoms with Gasteiger partial charge in [-0.15, -0.1) is 0 Å². The van der Waals surface area contributed by atoms with Crippen molar-refractivity contribution < 1.29 is 18.5 Å². The van der Waals surface area contributed by atoms with Gasteiger partial charge in [0.1, 0.15) is 18.1 Å². The lowest BCUT2D eigenvalue weighted by Gasteiger charge is -2.24. The van der Waals surface area contributed by atoms with Crippen LogP contribution in [0.1, 0.15) is 22.7 Å². The Labute approximate surface area is 144 Å². The van der Waals surface area contributed by atoms with E-state index in [1.54, 1.807) is 11.0 Å². The first-order valence-corrected chi connectivity index (χ1v) is 8.07. The number of aromatic nitrogens is 2. The molecule has 0 aliphatic carbocycles. The third kappa shape index (κ3) is 3.26. The maximum Gasteiger partial charge on any atom is 0.410 e. The maximum absolute atomic E-state index is 12.3. The minimum absolute atomic E-state index is 0.254. The quantitative estimate of drug-likeness (QED) is 0.728. The number of hydrogen-bond acceptors (Lipinski definition) is 6. The number of amides is 1. The Morgan fingerprint density at radius 3 is 2.92 bits per heavy atom. The van der Waals surface area contributed by atoms with Crippen LogP contribution in [0.2, 0.25) is 0 Å². The first kappa shape index (κ1) is 15.4. The van der Waals surface area contributed by atoms with Crippen molar-refractivity contribution in [2.45, 2.75) is 26.5 Å². The molecule has 0 saturated heterocycles. The van der Waals surface area contributed by atoms with Gasteiger partial charge in [0.05, 0.1) is 12.2 Å². The second-order valence-electron chi connectivity index (χ2n) is 5.93. The average molecular weight is 339 g/mol. The van der Waals surface area contributed by atoms with Gasteiger partial charge in [-0.3, -0.25) is 0 Å². The summed E-state index contributed by atoms with van der Waals surface area (Å²) in [6, 6.07) is 11.4. The summed E-state index contributed by atoms with van der Waals surface area (Å²) in [6.07, 6.45) is 0.241. The van der Waals surface area contributed by atoms with Crippen molar-refractivity contribution in [3.8, 4) is 11.7 Å². The number of ether oxygens (including phenoxy) is 1. The van der Waals surface area contributed by atoms with Gasteiger partial charge in [0.15, 0.2) is 0 Å². The van der Waals surface area contributed by atoms with Crippen LogP contribution in [0.4, 0.5) is 4.79 Å². The summed E-state index contributed by atoms with van der Waals surface area (Å²) in [5.74, 6) is 1.66. The highest BCUT2D eigenvalue weighted by Crippen LogP contribution is 2.26. The SMILES string of the molecule is Cc1cc(-c2nc3c(o2)CCN(C(=O)OCc2ccccc2)C3)on1. The fourth-order valence-corrected chi connectivity index (χ4v) is 2.73. The summed E-state index contributed by atoms with van der Waals surface area (Å²) in [6.45, 7) is 2.98. The molecule has 0 atom stereocenters. The van der Waals surface area contributed by atoms with Gasteiger partial charge >= 0.3 is 6.09 Å². The Morgan fingerprint density at radius 1 is 1.32 bits per heavy atom. The first-order chi connectivity index (χ1) is 12.2. The van der Waals surface area contributed by atoms with E-state index in [1.807, 2.05) is 37.3 Å². The Hall–Kier alpha value is -3.09. The number of rotatable bonds is 3. The van der Waals surface area contributed by atoms with Crippen LogP contribution < -0.4 is 0 Å². The lowest BCUT2D eigenvalue weighted by atomic mass is 10.2. The smallest absolute Gasteiger partial charge is 0.410 e. The van der Waals surface area contributed by atoms with Gasteiger partial charge in [-0.05, 0) is 12.5 Å². The second kappa shape index (κ2) is 6.43. The van der Waals surface area contributed by atoms with Gasteiger partial charge in [-0.1, -0.05) is 35.5 Å². The maximum atomic E-state index is 12.3. The summed E-state index contributed by atoms with van der Waals surface area (Å²) < 4.78 is 16.3. The number of aryl methyl sites for hydroxylation is 1. The average Bonchev–Trinajstić information content (AvgIpc) is 3.25. The molecule has 0 bridgehead atoms. The Balaban J connectivity index is 1.42. The molecule has 1 amide bonds. The van der Waals surface area contributed by atoms with Crippen molar-refractivity contribution in [3.05, 3.63) is 59.1 Å². The van der Waals surface area contributed by atoms with E-state index in [9.17, 15) is 4.79 Å². The monoisotopic (exact) mass is 339 g/mol.